The number of hydrogen-bond donors (Lipinski definition) is 3. The number of carboxylic acid groups (broad SMARTS) is 2. The van der Waals surface area contributed by atoms with Crippen LogP contribution in [0.5, 0.6) is 0 Å². The van der Waals surface area contributed by atoms with E-state index in [1.165, 1.54) is 0 Å². The lowest BCUT2D eigenvalue weighted by Crippen LogP contribution is -2.23. The first-order valence-electron chi connectivity index (χ1n) is 4.16. The molecule has 0 atom stereocenters. The van der Waals surface area contributed by atoms with E-state index in [2.05, 4.69) is 0 Å². The number of rotatable bonds is 7. The highest BCUT2D eigenvalue weighted by Gasteiger charge is 2.24. The molecule has 0 radical (unpaired) electrons. The number of carbonyl (C=O) groups is 2. The standard InChI is InChI=1S/C8H14O5/c9-5-3-1-2-4-6(7(10)11)8(12)13/h6,9H,1-5H2,(H,10,11)(H,12,13). The number of hydrogen-bond acceptors (Lipinski definition) is 3. The highest BCUT2D eigenvalue weighted by molar-refractivity contribution is 5.92. The van der Waals surface area contributed by atoms with Gasteiger partial charge in [-0.3, -0.25) is 9.59 Å². The van der Waals surface area contributed by atoms with E-state index in [9.17, 15) is 9.59 Å². The molecule has 13 heavy (non-hydrogen) atoms. The monoisotopic (exact) mass is 190 g/mol. The van der Waals surface area contributed by atoms with Crippen molar-refractivity contribution in [2.75, 3.05) is 6.61 Å². The summed E-state index contributed by atoms with van der Waals surface area (Å²) in [7, 11) is 0. The maximum absolute atomic E-state index is 10.4. The van der Waals surface area contributed by atoms with Crippen LogP contribution < -0.4 is 0 Å². The SMILES string of the molecule is O=C(O)C(CCCCCO)C(=O)O. The normalized spacial score (nSPS) is 10.3. The van der Waals surface area contributed by atoms with Gasteiger partial charge in [0.2, 0.25) is 0 Å². The zero-order valence-corrected chi connectivity index (χ0v) is 7.27. The fourth-order valence-corrected chi connectivity index (χ4v) is 0.990. The van der Waals surface area contributed by atoms with Gasteiger partial charge in [-0.05, 0) is 12.8 Å². The minimum atomic E-state index is -1.31. The molecule has 0 heterocycles. The second-order valence-corrected chi connectivity index (χ2v) is 2.80. The van der Waals surface area contributed by atoms with E-state index in [-0.39, 0.29) is 13.0 Å². The molecule has 0 unspecified atom stereocenters. The van der Waals surface area contributed by atoms with Gasteiger partial charge in [-0.25, -0.2) is 0 Å². The van der Waals surface area contributed by atoms with Crippen molar-refractivity contribution in [1.29, 1.82) is 0 Å². The quantitative estimate of drug-likeness (QED) is 0.397. The third-order valence-electron chi connectivity index (χ3n) is 1.75. The number of aliphatic carboxylic acids is 2. The van der Waals surface area contributed by atoms with Crippen LogP contribution in [0.4, 0.5) is 0 Å². The van der Waals surface area contributed by atoms with Gasteiger partial charge in [0.15, 0.2) is 5.92 Å². The lowest BCUT2D eigenvalue weighted by atomic mass is 10.0. The second-order valence-electron chi connectivity index (χ2n) is 2.80. The van der Waals surface area contributed by atoms with Crippen LogP contribution >= 0.6 is 0 Å². The Labute approximate surface area is 76.0 Å². The summed E-state index contributed by atoms with van der Waals surface area (Å²) < 4.78 is 0. The first-order valence-corrected chi connectivity index (χ1v) is 4.16. The first-order chi connectivity index (χ1) is 6.09. The van der Waals surface area contributed by atoms with Crippen LogP contribution in [0.1, 0.15) is 25.7 Å². The lowest BCUT2D eigenvalue weighted by Gasteiger charge is -2.05. The van der Waals surface area contributed by atoms with Crippen molar-refractivity contribution in [2.45, 2.75) is 25.7 Å². The van der Waals surface area contributed by atoms with Crippen LogP contribution in [0.25, 0.3) is 0 Å². The number of aliphatic hydroxyl groups excluding tert-OH is 1. The Kier molecular flexibility index (Phi) is 5.88. The van der Waals surface area contributed by atoms with E-state index in [4.69, 9.17) is 15.3 Å². The molecule has 0 rings (SSSR count). The Bertz CT molecular complexity index is 163. The summed E-state index contributed by atoms with van der Waals surface area (Å²) in [6.45, 7) is 0.0603. The molecule has 5 heteroatoms. The average Bonchev–Trinajstić information content (AvgIpc) is 2.02. The van der Waals surface area contributed by atoms with Crippen molar-refractivity contribution in [3.05, 3.63) is 0 Å². The van der Waals surface area contributed by atoms with Gasteiger partial charge < -0.3 is 15.3 Å². The molecule has 0 amide bonds. The molecule has 0 aliphatic carbocycles. The molecule has 0 aromatic carbocycles. The highest BCUT2D eigenvalue weighted by atomic mass is 16.4. The van der Waals surface area contributed by atoms with Crippen LogP contribution in [-0.2, 0) is 9.59 Å². The van der Waals surface area contributed by atoms with Gasteiger partial charge in [0.1, 0.15) is 0 Å². The van der Waals surface area contributed by atoms with Gasteiger partial charge in [-0.2, -0.15) is 0 Å². The summed E-state index contributed by atoms with van der Waals surface area (Å²) in [5.74, 6) is -3.90. The van der Waals surface area contributed by atoms with Crippen molar-refractivity contribution in [1.82, 2.24) is 0 Å². The average molecular weight is 190 g/mol. The van der Waals surface area contributed by atoms with E-state index in [1.54, 1.807) is 0 Å². The molecule has 5 nitrogen and oxygen atoms in total. The summed E-state index contributed by atoms with van der Waals surface area (Å²) in [6, 6.07) is 0. The molecule has 0 bridgehead atoms. The molecule has 76 valence electrons. The smallest absolute Gasteiger partial charge is 0.317 e. The molecule has 0 aromatic rings. The highest BCUT2D eigenvalue weighted by Crippen LogP contribution is 2.10. The van der Waals surface area contributed by atoms with Gasteiger partial charge >= 0.3 is 11.9 Å². The molecule has 0 fully saturated rings. The summed E-state index contributed by atoms with van der Waals surface area (Å²) in [5.41, 5.74) is 0. The maximum atomic E-state index is 10.4. The molecule has 0 aliphatic rings. The van der Waals surface area contributed by atoms with Crippen LogP contribution in [-0.4, -0.2) is 33.9 Å². The minimum absolute atomic E-state index is 0.0603. The molecule has 0 saturated carbocycles. The molecule has 0 aromatic heterocycles. The van der Waals surface area contributed by atoms with E-state index < -0.39 is 17.9 Å². The van der Waals surface area contributed by atoms with E-state index in [0.29, 0.717) is 19.3 Å². The first kappa shape index (κ1) is 11.9. The fourth-order valence-electron chi connectivity index (χ4n) is 0.990. The number of aliphatic hydroxyl groups is 1. The molecule has 0 saturated heterocycles. The Morgan fingerprint density at radius 1 is 1.00 bits per heavy atom. The number of carboxylic acids is 2. The molecule has 0 spiro atoms. The largest absolute Gasteiger partial charge is 0.481 e. The van der Waals surface area contributed by atoms with Gasteiger partial charge in [0.05, 0.1) is 0 Å². The third kappa shape index (κ3) is 5.19. The van der Waals surface area contributed by atoms with Crippen LogP contribution in [0.15, 0.2) is 0 Å². The van der Waals surface area contributed by atoms with E-state index in [1.807, 2.05) is 0 Å². The van der Waals surface area contributed by atoms with Crippen molar-refractivity contribution in [2.24, 2.45) is 5.92 Å². The van der Waals surface area contributed by atoms with Crippen molar-refractivity contribution in [3.8, 4) is 0 Å². The zero-order chi connectivity index (χ0) is 10.3. The molecule has 3 N–H and O–H groups in total. The maximum Gasteiger partial charge on any atom is 0.317 e. The summed E-state index contributed by atoms with van der Waals surface area (Å²) in [5, 5.41) is 25.4. The Morgan fingerprint density at radius 2 is 1.54 bits per heavy atom. The third-order valence-corrected chi connectivity index (χ3v) is 1.75. The molecule has 0 aliphatic heterocycles. The Hall–Kier alpha value is -1.10. The second kappa shape index (κ2) is 6.42. The fraction of sp³-hybridized carbons (Fsp3) is 0.750. The van der Waals surface area contributed by atoms with Gasteiger partial charge in [-0.1, -0.05) is 12.8 Å². The van der Waals surface area contributed by atoms with Crippen molar-refractivity contribution in [3.63, 3.8) is 0 Å². The summed E-state index contributed by atoms with van der Waals surface area (Å²) >= 11 is 0. The van der Waals surface area contributed by atoms with Gasteiger partial charge in [-0.15, -0.1) is 0 Å². The minimum Gasteiger partial charge on any atom is -0.481 e. The zero-order valence-electron chi connectivity index (χ0n) is 7.27. The van der Waals surface area contributed by atoms with Crippen molar-refractivity contribution < 1.29 is 24.9 Å². The predicted octanol–water partition coefficient (Wildman–Crippen LogP) is 0.325. The van der Waals surface area contributed by atoms with Crippen LogP contribution in [0.2, 0.25) is 0 Å². The van der Waals surface area contributed by atoms with Crippen LogP contribution in [0.3, 0.4) is 0 Å². The summed E-state index contributed by atoms with van der Waals surface area (Å²) in [4.78, 5) is 20.7. The lowest BCUT2D eigenvalue weighted by molar-refractivity contribution is -0.154. The topological polar surface area (TPSA) is 94.8 Å². The van der Waals surface area contributed by atoms with Crippen LogP contribution in [0, 0.1) is 5.92 Å². The van der Waals surface area contributed by atoms with Crippen molar-refractivity contribution >= 4 is 11.9 Å². The predicted molar refractivity (Wildman–Crippen MR) is 44.3 cm³/mol. The summed E-state index contributed by atoms with van der Waals surface area (Å²) in [6.07, 6.45) is 1.90. The van der Waals surface area contributed by atoms with Gasteiger partial charge in [0.25, 0.3) is 0 Å². The Balaban J connectivity index is 3.71. The molecular formula is C8H14O5. The van der Waals surface area contributed by atoms with E-state index >= 15 is 0 Å². The van der Waals surface area contributed by atoms with E-state index in [0.717, 1.165) is 0 Å². The van der Waals surface area contributed by atoms with Gasteiger partial charge in [0, 0.05) is 6.61 Å². The number of unbranched alkanes of at least 4 members (excludes halogenated alkanes) is 2. The Morgan fingerprint density at radius 3 is 1.92 bits per heavy atom. The molecular weight excluding hydrogens is 176 g/mol.